The van der Waals surface area contributed by atoms with Gasteiger partial charge in [0.2, 0.25) is 0 Å². The molecular weight excluding hydrogens is 226 g/mol. The number of hydrogen-bond donors (Lipinski definition) is 0. The van der Waals surface area contributed by atoms with Crippen LogP contribution in [-0.4, -0.2) is 3.25 Å². The van der Waals surface area contributed by atoms with E-state index in [9.17, 15) is 0 Å². The van der Waals surface area contributed by atoms with Gasteiger partial charge in [0.15, 0.2) is 0 Å². The van der Waals surface area contributed by atoms with Gasteiger partial charge in [-0.1, -0.05) is 84.9 Å². The van der Waals surface area contributed by atoms with E-state index in [-0.39, 0.29) is 0 Å². The number of rotatable bonds is 0. The summed E-state index contributed by atoms with van der Waals surface area (Å²) in [5.74, 6) is 0. The van der Waals surface area contributed by atoms with Gasteiger partial charge in [0.1, 0.15) is 0 Å². The molecule has 1 aliphatic rings. The van der Waals surface area contributed by atoms with E-state index in [0.29, 0.717) is 0 Å². The lowest BCUT2D eigenvalue weighted by molar-refractivity contribution is 0.504. The van der Waals surface area contributed by atoms with Gasteiger partial charge >= 0.3 is 0 Å². The Morgan fingerprint density at radius 1 is 0.545 bits per heavy atom. The molecule has 0 nitrogen and oxygen atoms in total. The molecule has 0 aromatic rings. The van der Waals surface area contributed by atoms with E-state index >= 15 is 0 Å². The molecule has 0 atom stereocenters. The highest BCUT2D eigenvalue weighted by Gasteiger charge is 2.11. The van der Waals surface area contributed by atoms with Crippen molar-refractivity contribution < 1.29 is 0 Å². The second-order valence-corrected chi connectivity index (χ2v) is 5.98. The van der Waals surface area contributed by atoms with Gasteiger partial charge < -0.3 is 0 Å². The van der Waals surface area contributed by atoms with Crippen molar-refractivity contribution in [3.63, 3.8) is 0 Å². The summed E-state index contributed by atoms with van der Waals surface area (Å²) < 4.78 is -1.61. The number of halogens is 4. The number of hydrogen-bond acceptors (Lipinski definition) is 0. The zero-order valence-electron chi connectivity index (χ0n) is 6.25. The van der Waals surface area contributed by atoms with Crippen LogP contribution in [0.4, 0.5) is 0 Å². The molecule has 1 fully saturated rings. The Kier molecular flexibility index (Phi) is 7.35. The summed E-state index contributed by atoms with van der Waals surface area (Å²) in [5, 5.41) is 0. The fourth-order valence-corrected chi connectivity index (χ4v) is 1.06. The van der Waals surface area contributed by atoms with Crippen LogP contribution in [-0.2, 0) is 0 Å². The second kappa shape index (κ2) is 6.65. The number of alkyl halides is 4. The fourth-order valence-electron chi connectivity index (χ4n) is 1.06. The molecule has 0 aromatic heterocycles. The summed E-state index contributed by atoms with van der Waals surface area (Å²) in [7, 11) is 0. The summed E-state index contributed by atoms with van der Waals surface area (Å²) in [5.41, 5.74) is 0. The van der Waals surface area contributed by atoms with E-state index in [4.69, 9.17) is 46.4 Å². The van der Waals surface area contributed by atoms with Gasteiger partial charge in [0.05, 0.1) is 0 Å². The molecule has 0 bridgehead atoms. The van der Waals surface area contributed by atoms with E-state index in [1.807, 2.05) is 0 Å². The molecular formula is C7H12Cl4. The predicted octanol–water partition coefficient (Wildman–Crippen LogP) is 4.89. The van der Waals surface area contributed by atoms with Crippen molar-refractivity contribution in [2.45, 2.75) is 41.8 Å². The molecule has 0 radical (unpaired) electrons. The third-order valence-corrected chi connectivity index (χ3v) is 1.50. The van der Waals surface area contributed by atoms with Gasteiger partial charge in [0.25, 0.3) is 3.25 Å². The van der Waals surface area contributed by atoms with E-state index in [1.165, 1.54) is 38.5 Å². The van der Waals surface area contributed by atoms with Gasteiger partial charge in [-0.25, -0.2) is 0 Å². The Labute approximate surface area is 88.1 Å². The topological polar surface area (TPSA) is 0 Å². The molecule has 11 heavy (non-hydrogen) atoms. The molecule has 68 valence electrons. The van der Waals surface area contributed by atoms with E-state index < -0.39 is 3.25 Å². The zero-order valence-corrected chi connectivity index (χ0v) is 9.28. The van der Waals surface area contributed by atoms with Crippen molar-refractivity contribution in [3.05, 3.63) is 0 Å². The summed E-state index contributed by atoms with van der Waals surface area (Å²) in [6.45, 7) is 0. The minimum atomic E-state index is -1.61. The van der Waals surface area contributed by atoms with Gasteiger partial charge in [-0.2, -0.15) is 0 Å². The molecule has 0 aliphatic heterocycles. The Morgan fingerprint density at radius 2 is 0.636 bits per heavy atom. The summed E-state index contributed by atoms with van der Waals surface area (Å²) >= 11 is 19.3. The minimum Gasteiger partial charge on any atom is -0.0664 e. The first-order valence-electron chi connectivity index (χ1n) is 3.76. The minimum absolute atomic E-state index is 1.50. The third-order valence-electron chi connectivity index (χ3n) is 1.50. The van der Waals surface area contributed by atoms with Crippen LogP contribution in [0, 0.1) is 0 Å². The molecule has 1 rings (SSSR count). The van der Waals surface area contributed by atoms with Crippen molar-refractivity contribution in [2.75, 3.05) is 0 Å². The predicted molar refractivity (Wildman–Crippen MR) is 53.8 cm³/mol. The van der Waals surface area contributed by atoms with Crippen LogP contribution in [0.15, 0.2) is 0 Å². The van der Waals surface area contributed by atoms with Crippen LogP contribution >= 0.6 is 46.4 Å². The van der Waals surface area contributed by atoms with Crippen molar-refractivity contribution in [3.8, 4) is 0 Å². The maximum atomic E-state index is 4.83. The van der Waals surface area contributed by atoms with Crippen molar-refractivity contribution >= 4 is 46.4 Å². The normalized spacial score (nSPS) is 18.5. The highest BCUT2D eigenvalue weighted by molar-refractivity contribution is 6.83. The van der Waals surface area contributed by atoms with Gasteiger partial charge in [-0.05, 0) is 0 Å². The fraction of sp³-hybridized carbons (Fsp3) is 1.00. The largest absolute Gasteiger partial charge is 0.266 e. The Bertz CT molecular complexity index is 65.4. The van der Waals surface area contributed by atoms with E-state index in [1.54, 1.807) is 0 Å². The summed E-state index contributed by atoms with van der Waals surface area (Å²) in [6, 6.07) is 0. The molecule has 0 heterocycles. The smallest absolute Gasteiger partial charge is 0.0664 e. The first-order valence-corrected chi connectivity index (χ1v) is 5.27. The lowest BCUT2D eigenvalue weighted by Gasteiger charge is -2.05. The first-order chi connectivity index (χ1) is 5.00. The molecule has 0 aromatic carbocycles. The quantitative estimate of drug-likeness (QED) is 0.526. The highest BCUT2D eigenvalue weighted by atomic mass is 35.6. The van der Waals surface area contributed by atoms with Crippen molar-refractivity contribution in [2.24, 2.45) is 0 Å². The maximum absolute atomic E-state index is 4.83. The Hall–Kier alpha value is 1.16. The molecule has 0 saturated heterocycles. The molecule has 0 amide bonds. The molecule has 1 saturated carbocycles. The van der Waals surface area contributed by atoms with E-state index in [2.05, 4.69) is 0 Å². The highest BCUT2D eigenvalue weighted by Crippen LogP contribution is 2.29. The van der Waals surface area contributed by atoms with Crippen molar-refractivity contribution in [1.82, 2.24) is 0 Å². The lowest BCUT2D eigenvalue weighted by atomic mass is 10.0. The second-order valence-electron chi connectivity index (χ2n) is 2.55. The van der Waals surface area contributed by atoms with Gasteiger partial charge in [0, 0.05) is 0 Å². The standard InChI is InChI=1S/C6H12.CCl4/c1-2-4-6-5-3-1;2-1(3,4)5/h1-6H2;. The Morgan fingerprint density at radius 3 is 0.727 bits per heavy atom. The molecule has 0 spiro atoms. The van der Waals surface area contributed by atoms with Crippen LogP contribution in [0.1, 0.15) is 38.5 Å². The summed E-state index contributed by atoms with van der Waals surface area (Å²) in [4.78, 5) is 0. The third kappa shape index (κ3) is 18.3. The van der Waals surface area contributed by atoms with Crippen LogP contribution in [0.25, 0.3) is 0 Å². The Balaban J connectivity index is 0.000000187. The van der Waals surface area contributed by atoms with Crippen LogP contribution in [0.5, 0.6) is 0 Å². The first kappa shape index (κ1) is 12.2. The van der Waals surface area contributed by atoms with Gasteiger partial charge in [-0.15, -0.1) is 0 Å². The average molecular weight is 238 g/mol. The zero-order chi connectivity index (χ0) is 8.74. The molecule has 0 unspecified atom stereocenters. The van der Waals surface area contributed by atoms with Crippen molar-refractivity contribution in [1.29, 1.82) is 0 Å². The van der Waals surface area contributed by atoms with Crippen LogP contribution < -0.4 is 0 Å². The van der Waals surface area contributed by atoms with Gasteiger partial charge in [-0.3, -0.25) is 0 Å². The summed E-state index contributed by atoms with van der Waals surface area (Å²) in [6.07, 6.45) is 9.00. The monoisotopic (exact) mass is 236 g/mol. The molecule has 0 N–H and O–H groups in total. The SMILES string of the molecule is C1CCCCC1.ClC(Cl)(Cl)Cl. The lowest BCUT2D eigenvalue weighted by Crippen LogP contribution is -1.85. The van der Waals surface area contributed by atoms with Crippen LogP contribution in [0.3, 0.4) is 0 Å². The van der Waals surface area contributed by atoms with E-state index in [0.717, 1.165) is 0 Å². The van der Waals surface area contributed by atoms with Crippen LogP contribution in [0.2, 0.25) is 0 Å². The average Bonchev–Trinajstić information content (AvgIpc) is 1.88. The maximum Gasteiger partial charge on any atom is 0.266 e. The molecule has 4 heteroatoms. The molecule has 1 aliphatic carbocycles.